The summed E-state index contributed by atoms with van der Waals surface area (Å²) in [5, 5.41) is 4.03. The fraction of sp³-hybridized carbons (Fsp3) is 0.583. The van der Waals surface area contributed by atoms with E-state index in [4.69, 9.17) is 9.26 Å². The van der Waals surface area contributed by atoms with Crippen molar-refractivity contribution in [3.63, 3.8) is 0 Å². The van der Waals surface area contributed by atoms with Crippen LogP contribution in [0.3, 0.4) is 0 Å². The Kier molecular flexibility index (Phi) is 8.81. The molecule has 1 amide bonds. The predicted molar refractivity (Wildman–Crippen MR) is 143 cm³/mol. The highest BCUT2D eigenvalue weighted by molar-refractivity contribution is 9.10. The number of sulfonamides is 1. The predicted octanol–water partition coefficient (Wildman–Crippen LogP) is 5.69. The minimum Gasteiger partial charge on any atom is -0.360 e. The number of carbonyl (C=O) groups is 1. The smallest absolute Gasteiger partial charge is 0.360 e. The second-order valence-corrected chi connectivity index (χ2v) is 19.8. The third kappa shape index (κ3) is 6.99. The van der Waals surface area contributed by atoms with Crippen molar-refractivity contribution < 1.29 is 35.6 Å². The lowest BCUT2D eigenvalue weighted by atomic mass is 9.93. The van der Waals surface area contributed by atoms with E-state index in [1.165, 1.54) is 12.1 Å². The summed E-state index contributed by atoms with van der Waals surface area (Å²) < 4.78 is 79.4. The average Bonchev–Trinajstić information content (AvgIpc) is 3.17. The number of hydrogen-bond acceptors (Lipinski definition) is 6. The number of aromatic nitrogens is 1. The Morgan fingerprint density at radius 3 is 2.42 bits per heavy atom. The molecule has 1 aromatic heterocycles. The Morgan fingerprint density at radius 1 is 1.21 bits per heavy atom. The van der Waals surface area contributed by atoms with Crippen molar-refractivity contribution in [3.8, 4) is 0 Å². The molecule has 0 fully saturated rings. The van der Waals surface area contributed by atoms with Gasteiger partial charge in [-0.25, -0.2) is 12.7 Å². The largest absolute Gasteiger partial charge is 0.471 e. The van der Waals surface area contributed by atoms with Crippen molar-refractivity contribution >= 4 is 45.8 Å². The third-order valence-corrected chi connectivity index (χ3v) is 10.2. The van der Waals surface area contributed by atoms with Crippen LogP contribution in [-0.4, -0.2) is 58.5 Å². The maximum absolute atomic E-state index is 13.9. The Hall–Kier alpha value is -1.90. The van der Waals surface area contributed by atoms with Crippen molar-refractivity contribution in [1.82, 2.24) is 10.1 Å². The molecule has 1 aliphatic rings. The molecule has 212 valence electrons. The molecule has 0 saturated heterocycles. The highest BCUT2D eigenvalue weighted by Gasteiger charge is 2.43. The van der Waals surface area contributed by atoms with Crippen LogP contribution in [0, 0.1) is 0 Å². The first-order chi connectivity index (χ1) is 17.3. The molecule has 38 heavy (non-hydrogen) atoms. The normalized spacial score (nSPS) is 14.9. The number of amides is 1. The minimum absolute atomic E-state index is 0.00882. The summed E-state index contributed by atoms with van der Waals surface area (Å²) in [6.07, 6.45) is -4.82. The molecule has 14 heteroatoms. The van der Waals surface area contributed by atoms with Crippen molar-refractivity contribution in [3.05, 3.63) is 39.6 Å². The monoisotopic (exact) mass is 639 g/mol. The van der Waals surface area contributed by atoms with Crippen molar-refractivity contribution in [1.29, 1.82) is 0 Å². The summed E-state index contributed by atoms with van der Waals surface area (Å²) >= 11 is 3.43. The number of benzene rings is 1. The standard InChI is InChI=1S/C24H33BrF3N3O5SSi/c1-23(2,3)20-19(25)21(29-36-20)31(15-35-11-12-38(4,5)6)37(33,34)18-8-7-16-9-10-30(14-17(16)13-18)22(32)24(26,27)28/h7-8,13H,9-12,14-15H2,1-6H3. The van der Waals surface area contributed by atoms with Gasteiger partial charge in [0.15, 0.2) is 5.76 Å². The molecular formula is C24H33BrF3N3O5SSi. The number of nitrogens with zero attached hydrogens (tertiary/aromatic N) is 3. The summed E-state index contributed by atoms with van der Waals surface area (Å²) in [4.78, 5) is 12.3. The molecule has 1 aromatic carbocycles. The summed E-state index contributed by atoms with van der Waals surface area (Å²) in [6.45, 7) is 11.8. The summed E-state index contributed by atoms with van der Waals surface area (Å²) in [7, 11) is -5.73. The van der Waals surface area contributed by atoms with Crippen LogP contribution in [0.1, 0.15) is 37.7 Å². The SMILES string of the molecule is CC(C)(C)c1onc(N(COCC[Si](C)(C)C)S(=O)(=O)c2ccc3c(c2)CN(C(=O)C(F)(F)F)CC3)c1Br. The number of carbonyl (C=O) groups excluding carboxylic acids is 1. The van der Waals surface area contributed by atoms with Crippen molar-refractivity contribution in [2.45, 2.75) is 75.9 Å². The zero-order valence-electron chi connectivity index (χ0n) is 22.3. The topological polar surface area (TPSA) is 92.9 Å². The van der Waals surface area contributed by atoms with Crippen LogP contribution in [0.2, 0.25) is 25.7 Å². The lowest BCUT2D eigenvalue weighted by molar-refractivity contribution is -0.186. The zero-order valence-corrected chi connectivity index (χ0v) is 25.7. The number of fused-ring (bicyclic) bond motifs is 1. The summed E-state index contributed by atoms with van der Waals surface area (Å²) in [5.41, 5.74) is 0.549. The molecular weight excluding hydrogens is 607 g/mol. The second kappa shape index (κ2) is 10.9. The van der Waals surface area contributed by atoms with Gasteiger partial charge in [0.1, 0.15) is 11.2 Å². The molecule has 2 heterocycles. The number of alkyl halides is 3. The summed E-state index contributed by atoms with van der Waals surface area (Å²) in [6, 6.07) is 5.10. The van der Waals surface area contributed by atoms with Gasteiger partial charge in [0.25, 0.3) is 10.0 Å². The fourth-order valence-electron chi connectivity index (χ4n) is 3.84. The molecule has 0 bridgehead atoms. The third-order valence-electron chi connectivity index (χ3n) is 6.05. The van der Waals surface area contributed by atoms with Crippen LogP contribution in [0.15, 0.2) is 32.1 Å². The van der Waals surface area contributed by atoms with Gasteiger partial charge in [-0.05, 0) is 51.7 Å². The van der Waals surface area contributed by atoms with Crippen LogP contribution in [-0.2, 0) is 37.9 Å². The van der Waals surface area contributed by atoms with Gasteiger partial charge in [-0.2, -0.15) is 13.2 Å². The van der Waals surface area contributed by atoms with Crippen LogP contribution >= 0.6 is 15.9 Å². The van der Waals surface area contributed by atoms with Crippen LogP contribution in [0.25, 0.3) is 0 Å². The van der Waals surface area contributed by atoms with Crippen LogP contribution in [0.5, 0.6) is 0 Å². The Bertz CT molecular complexity index is 1290. The maximum atomic E-state index is 13.9. The van der Waals surface area contributed by atoms with Gasteiger partial charge in [0.2, 0.25) is 5.82 Å². The summed E-state index contributed by atoms with van der Waals surface area (Å²) in [5.74, 6) is -1.49. The van der Waals surface area contributed by atoms with Gasteiger partial charge in [-0.3, -0.25) is 4.79 Å². The molecule has 0 unspecified atom stereocenters. The number of anilines is 1. The molecule has 0 saturated carbocycles. The van der Waals surface area contributed by atoms with E-state index in [0.717, 1.165) is 10.3 Å². The Labute approximate surface area is 230 Å². The fourth-order valence-corrected chi connectivity index (χ4v) is 7.01. The molecule has 1 aliphatic heterocycles. The van der Waals surface area contributed by atoms with E-state index < -0.39 is 35.6 Å². The van der Waals surface area contributed by atoms with Crippen molar-refractivity contribution in [2.24, 2.45) is 0 Å². The quantitative estimate of drug-likeness (QED) is 0.209. The number of halogens is 4. The molecule has 8 nitrogen and oxygen atoms in total. The number of hydrogen-bond donors (Lipinski definition) is 0. The first kappa shape index (κ1) is 30.6. The molecule has 0 spiro atoms. The lowest BCUT2D eigenvalue weighted by Crippen LogP contribution is -2.43. The van der Waals surface area contributed by atoms with E-state index in [-0.39, 0.29) is 37.0 Å². The highest BCUT2D eigenvalue weighted by atomic mass is 79.9. The molecule has 0 atom stereocenters. The average molecular weight is 641 g/mol. The molecule has 0 aliphatic carbocycles. The number of ether oxygens (including phenoxy) is 1. The van der Waals surface area contributed by atoms with E-state index in [2.05, 4.69) is 40.7 Å². The molecule has 0 N–H and O–H groups in total. The van der Waals surface area contributed by atoms with Gasteiger partial charge in [0, 0.05) is 33.2 Å². The first-order valence-electron chi connectivity index (χ1n) is 12.1. The minimum atomic E-state index is -5.00. The Morgan fingerprint density at radius 2 is 1.87 bits per heavy atom. The van der Waals surface area contributed by atoms with Crippen LogP contribution < -0.4 is 4.31 Å². The van der Waals surface area contributed by atoms with Gasteiger partial charge >= 0.3 is 12.1 Å². The lowest BCUT2D eigenvalue weighted by Gasteiger charge is -2.30. The van der Waals surface area contributed by atoms with Gasteiger partial charge < -0.3 is 14.2 Å². The number of rotatable bonds is 8. The van der Waals surface area contributed by atoms with E-state index >= 15 is 0 Å². The first-order valence-corrected chi connectivity index (χ1v) is 18.0. The molecule has 2 aromatic rings. The zero-order chi connectivity index (χ0) is 28.7. The van der Waals surface area contributed by atoms with Crippen molar-refractivity contribution in [2.75, 3.05) is 24.2 Å². The van der Waals surface area contributed by atoms with E-state index in [9.17, 15) is 26.4 Å². The second-order valence-electron chi connectivity index (χ2n) is 11.5. The molecule has 3 rings (SSSR count). The van der Waals surface area contributed by atoms with E-state index in [1.807, 2.05) is 20.8 Å². The Balaban J connectivity index is 1.98. The van der Waals surface area contributed by atoms with Gasteiger partial charge in [0.05, 0.1) is 4.90 Å². The molecule has 0 radical (unpaired) electrons. The maximum Gasteiger partial charge on any atom is 0.471 e. The van der Waals surface area contributed by atoms with E-state index in [1.54, 1.807) is 6.07 Å². The highest BCUT2D eigenvalue weighted by Crippen LogP contribution is 2.38. The van der Waals surface area contributed by atoms with Gasteiger partial charge in [-0.15, -0.1) is 0 Å². The van der Waals surface area contributed by atoms with Gasteiger partial charge in [-0.1, -0.05) is 51.6 Å². The van der Waals surface area contributed by atoms with Crippen LogP contribution in [0.4, 0.5) is 19.0 Å². The van der Waals surface area contributed by atoms with E-state index in [0.29, 0.717) is 32.9 Å².